The van der Waals surface area contributed by atoms with Crippen molar-refractivity contribution >= 4 is 14.1 Å². The number of carbonyl (C=O) groups excluding carboxylic acids is 1. The quantitative estimate of drug-likeness (QED) is 0.708. The van der Waals surface area contributed by atoms with Crippen molar-refractivity contribution in [1.82, 2.24) is 0 Å². The Morgan fingerprint density at radius 3 is 1.87 bits per heavy atom. The second-order valence-electron chi connectivity index (χ2n) is 4.82. The average molecular weight is 242 g/mol. The molecule has 0 bridgehead atoms. The maximum atomic E-state index is 12.7. The van der Waals surface area contributed by atoms with Gasteiger partial charge < -0.3 is 4.43 Å². The van der Waals surface area contributed by atoms with Crippen LogP contribution in [0.3, 0.4) is 0 Å². The zero-order valence-electron chi connectivity index (χ0n) is 9.66. The van der Waals surface area contributed by atoms with Gasteiger partial charge in [-0.1, -0.05) is 0 Å². The van der Waals surface area contributed by atoms with E-state index in [-0.39, 0.29) is 0 Å². The largest absolute Gasteiger partial charge is 0.416 e. The van der Waals surface area contributed by atoms with Gasteiger partial charge in [0.05, 0.1) is 0 Å². The van der Waals surface area contributed by atoms with Crippen LogP contribution in [0.4, 0.5) is 13.2 Å². The zero-order chi connectivity index (χ0) is 12.5. The van der Waals surface area contributed by atoms with Crippen molar-refractivity contribution in [3.05, 3.63) is 0 Å². The van der Waals surface area contributed by atoms with Crippen molar-refractivity contribution in [3.63, 3.8) is 0 Å². The summed E-state index contributed by atoms with van der Waals surface area (Å²) in [6.45, 7) is 7.07. The lowest BCUT2D eigenvalue weighted by molar-refractivity contribution is -0.245. The topological polar surface area (TPSA) is 26.3 Å². The fraction of sp³-hybridized carbons (Fsp3) is 0.889. The normalized spacial score (nSPS) is 17.3. The van der Waals surface area contributed by atoms with E-state index in [1.165, 1.54) is 0 Å². The first-order chi connectivity index (χ1) is 6.37. The van der Waals surface area contributed by atoms with Crippen LogP contribution in [-0.4, -0.2) is 25.9 Å². The third-order valence-electron chi connectivity index (χ3n) is 1.72. The third kappa shape index (κ3) is 4.79. The van der Waals surface area contributed by atoms with Gasteiger partial charge in [0.1, 0.15) is 5.78 Å². The SMILES string of the molecule is CC(=O)CC(C)(O[Si](C)(C)C)C(F)(F)F. The molecule has 0 aromatic heterocycles. The van der Waals surface area contributed by atoms with E-state index in [0.29, 0.717) is 0 Å². The molecule has 0 aromatic rings. The molecular formula is C9H17F3O2Si. The summed E-state index contributed by atoms with van der Waals surface area (Å²) in [4.78, 5) is 10.8. The van der Waals surface area contributed by atoms with Gasteiger partial charge in [-0.05, 0) is 33.5 Å². The lowest BCUT2D eigenvalue weighted by Crippen LogP contribution is -2.52. The van der Waals surface area contributed by atoms with Gasteiger partial charge in [0.25, 0.3) is 0 Å². The number of alkyl halides is 3. The highest BCUT2D eigenvalue weighted by atomic mass is 28.4. The summed E-state index contributed by atoms with van der Waals surface area (Å²) in [5, 5.41) is 0. The monoisotopic (exact) mass is 242 g/mol. The fourth-order valence-electron chi connectivity index (χ4n) is 1.35. The molecule has 0 fully saturated rings. The molecular weight excluding hydrogens is 225 g/mol. The predicted octanol–water partition coefficient (Wildman–Crippen LogP) is 3.14. The molecule has 15 heavy (non-hydrogen) atoms. The van der Waals surface area contributed by atoms with Gasteiger partial charge in [-0.15, -0.1) is 0 Å². The molecule has 0 N–H and O–H groups in total. The van der Waals surface area contributed by atoms with Crippen molar-refractivity contribution in [2.45, 2.75) is 51.7 Å². The summed E-state index contributed by atoms with van der Waals surface area (Å²) >= 11 is 0. The Hall–Kier alpha value is -0.363. The Labute approximate surface area is 88.9 Å². The molecule has 0 aromatic carbocycles. The summed E-state index contributed by atoms with van der Waals surface area (Å²) < 4.78 is 43.3. The number of ketones is 1. The van der Waals surface area contributed by atoms with Gasteiger partial charge in [0.15, 0.2) is 13.9 Å². The molecule has 0 aliphatic carbocycles. The van der Waals surface area contributed by atoms with Crippen LogP contribution in [0.2, 0.25) is 19.6 Å². The minimum Gasteiger partial charge on any atom is -0.404 e. The Kier molecular flexibility index (Phi) is 4.15. The van der Waals surface area contributed by atoms with Crippen LogP contribution in [0, 0.1) is 0 Å². The van der Waals surface area contributed by atoms with Crippen LogP contribution >= 0.6 is 0 Å². The highest BCUT2D eigenvalue weighted by Gasteiger charge is 2.54. The lowest BCUT2D eigenvalue weighted by atomic mass is 10.00. The maximum absolute atomic E-state index is 12.7. The molecule has 0 heterocycles. The molecule has 0 aliphatic heterocycles. The summed E-state index contributed by atoms with van der Waals surface area (Å²) in [7, 11) is -2.34. The molecule has 0 saturated heterocycles. The van der Waals surface area contributed by atoms with Crippen molar-refractivity contribution in [2.24, 2.45) is 0 Å². The van der Waals surface area contributed by atoms with Crippen molar-refractivity contribution < 1.29 is 22.4 Å². The van der Waals surface area contributed by atoms with E-state index in [9.17, 15) is 18.0 Å². The van der Waals surface area contributed by atoms with E-state index in [1.54, 1.807) is 19.6 Å². The van der Waals surface area contributed by atoms with Gasteiger partial charge in [-0.2, -0.15) is 13.2 Å². The van der Waals surface area contributed by atoms with E-state index in [1.807, 2.05) is 0 Å². The first kappa shape index (κ1) is 14.6. The molecule has 6 heteroatoms. The minimum atomic E-state index is -4.51. The van der Waals surface area contributed by atoms with Crippen LogP contribution in [-0.2, 0) is 9.22 Å². The highest BCUT2D eigenvalue weighted by Crippen LogP contribution is 2.38. The summed E-state index contributed by atoms with van der Waals surface area (Å²) in [6.07, 6.45) is -5.14. The number of hydrogen-bond donors (Lipinski definition) is 0. The first-order valence-corrected chi connectivity index (χ1v) is 8.04. The molecule has 0 spiro atoms. The van der Waals surface area contributed by atoms with Gasteiger partial charge in [-0.25, -0.2) is 0 Å². The van der Waals surface area contributed by atoms with E-state index in [2.05, 4.69) is 0 Å². The fourth-order valence-corrected chi connectivity index (χ4v) is 2.88. The molecule has 1 atom stereocenters. The van der Waals surface area contributed by atoms with Crippen LogP contribution in [0.15, 0.2) is 0 Å². The Morgan fingerprint density at radius 1 is 1.27 bits per heavy atom. The van der Waals surface area contributed by atoms with Gasteiger partial charge in [0, 0.05) is 6.42 Å². The van der Waals surface area contributed by atoms with Crippen molar-refractivity contribution in [1.29, 1.82) is 0 Å². The molecule has 90 valence electrons. The van der Waals surface area contributed by atoms with E-state index < -0.39 is 32.3 Å². The molecule has 1 unspecified atom stereocenters. The Bertz CT molecular complexity index is 245. The second-order valence-corrected chi connectivity index (χ2v) is 9.25. The van der Waals surface area contributed by atoms with E-state index in [4.69, 9.17) is 4.43 Å². The number of Topliss-reactive ketones (excluding diaryl/α,β-unsaturated/α-hetero) is 1. The van der Waals surface area contributed by atoms with Gasteiger partial charge in [0.2, 0.25) is 0 Å². The lowest BCUT2D eigenvalue weighted by Gasteiger charge is -2.37. The molecule has 0 rings (SSSR count). The summed E-state index contributed by atoms with van der Waals surface area (Å²) in [6, 6.07) is 0. The smallest absolute Gasteiger partial charge is 0.404 e. The van der Waals surface area contributed by atoms with Crippen LogP contribution in [0.1, 0.15) is 20.3 Å². The van der Waals surface area contributed by atoms with Gasteiger partial charge >= 0.3 is 6.18 Å². The zero-order valence-corrected chi connectivity index (χ0v) is 10.7. The minimum absolute atomic E-state index is 0.520. The van der Waals surface area contributed by atoms with Crippen molar-refractivity contribution in [2.75, 3.05) is 0 Å². The highest BCUT2D eigenvalue weighted by molar-refractivity contribution is 6.69. The first-order valence-electron chi connectivity index (χ1n) is 4.64. The predicted molar refractivity (Wildman–Crippen MR) is 54.2 cm³/mol. The number of hydrogen-bond acceptors (Lipinski definition) is 2. The maximum Gasteiger partial charge on any atom is 0.416 e. The average Bonchev–Trinajstić information content (AvgIpc) is 1.75. The molecule has 0 aliphatic rings. The summed E-state index contributed by atoms with van der Waals surface area (Å²) in [5.74, 6) is -0.520. The number of halogens is 3. The third-order valence-corrected chi connectivity index (χ3v) is 2.78. The number of rotatable bonds is 4. The van der Waals surface area contributed by atoms with Crippen LogP contribution in [0.5, 0.6) is 0 Å². The number of carbonyl (C=O) groups is 1. The Morgan fingerprint density at radius 2 is 1.67 bits per heavy atom. The van der Waals surface area contributed by atoms with E-state index >= 15 is 0 Å². The molecule has 2 nitrogen and oxygen atoms in total. The molecule has 0 amide bonds. The van der Waals surface area contributed by atoms with Crippen LogP contribution in [0.25, 0.3) is 0 Å². The second kappa shape index (κ2) is 4.25. The van der Waals surface area contributed by atoms with Crippen molar-refractivity contribution in [3.8, 4) is 0 Å². The summed E-state index contributed by atoms with van der Waals surface area (Å²) in [5.41, 5.74) is -2.34. The Balaban J connectivity index is 4.96. The van der Waals surface area contributed by atoms with Crippen LogP contribution < -0.4 is 0 Å². The van der Waals surface area contributed by atoms with E-state index in [0.717, 1.165) is 13.8 Å². The molecule has 0 radical (unpaired) electrons. The molecule has 0 saturated carbocycles. The standard InChI is InChI=1S/C9H17F3O2Si/c1-7(13)6-8(2,9(10,11)12)14-15(3,4)5/h6H2,1-5H3. The van der Waals surface area contributed by atoms with Gasteiger partial charge in [-0.3, -0.25) is 4.79 Å².